The first-order valence-electron chi connectivity index (χ1n) is 10.9. The van der Waals surface area contributed by atoms with Crippen LogP contribution >= 0.6 is 0 Å². The fraction of sp³-hybridized carbons (Fsp3) is 0.478. The fourth-order valence-electron chi connectivity index (χ4n) is 3.49. The summed E-state index contributed by atoms with van der Waals surface area (Å²) < 4.78 is 51.0. The number of anilines is 1. The van der Waals surface area contributed by atoms with Crippen molar-refractivity contribution in [3.8, 4) is 17.1 Å². The molecular weight excluding hydrogens is 479 g/mol. The van der Waals surface area contributed by atoms with E-state index in [1.165, 1.54) is 17.0 Å². The van der Waals surface area contributed by atoms with Gasteiger partial charge in [-0.05, 0) is 59.7 Å². The van der Waals surface area contributed by atoms with Crippen molar-refractivity contribution in [3.63, 3.8) is 0 Å². The first kappa shape index (κ1) is 26.3. The van der Waals surface area contributed by atoms with Crippen LogP contribution in [-0.2, 0) is 14.6 Å². The van der Waals surface area contributed by atoms with Gasteiger partial charge < -0.3 is 14.4 Å². The highest BCUT2D eigenvalue weighted by Gasteiger charge is 2.38. The summed E-state index contributed by atoms with van der Waals surface area (Å²) in [6, 6.07) is 3.70. The number of fused-ring (bicyclic) bond motifs is 1. The van der Waals surface area contributed by atoms with Crippen molar-refractivity contribution in [2.24, 2.45) is 0 Å². The summed E-state index contributed by atoms with van der Waals surface area (Å²) in [6.45, 7) is 10.9. The number of hydrogen-bond donors (Lipinski definition) is 1. The van der Waals surface area contributed by atoms with Gasteiger partial charge in [0.05, 0.1) is 12.2 Å². The minimum atomic E-state index is -3.93. The molecular formula is C23H29FN4O6S. The maximum absolute atomic E-state index is 15.3. The fourth-order valence-corrected chi connectivity index (χ4v) is 4.00. The molecule has 1 aromatic carbocycles. The number of likely N-dealkylation sites (N-methyl/N-ethyl adjacent to an activating group) is 1. The Labute approximate surface area is 203 Å². The normalized spacial score (nSPS) is 15.7. The number of hydrogen-bond acceptors (Lipinski definition) is 8. The minimum Gasteiger partial charge on any atom is -0.469 e. The molecule has 35 heavy (non-hydrogen) atoms. The van der Waals surface area contributed by atoms with Gasteiger partial charge in [0.15, 0.2) is 0 Å². The number of amides is 2. The first-order valence-corrected chi connectivity index (χ1v) is 12.8. The number of benzene rings is 1. The Balaban J connectivity index is 2.17. The molecule has 2 aromatic rings. The number of aromatic nitrogens is 2. The molecule has 12 heteroatoms. The molecule has 3 rings (SSSR count). The van der Waals surface area contributed by atoms with Gasteiger partial charge in [0.2, 0.25) is 15.7 Å². The Morgan fingerprint density at radius 3 is 2.49 bits per heavy atom. The van der Waals surface area contributed by atoms with Crippen LogP contribution in [0, 0.1) is 5.82 Å². The maximum Gasteiger partial charge on any atom is 0.412 e. The van der Waals surface area contributed by atoms with E-state index in [4.69, 9.17) is 9.47 Å². The molecule has 0 aliphatic carbocycles. The molecule has 0 spiro atoms. The second-order valence-corrected chi connectivity index (χ2v) is 11.7. The topological polar surface area (TPSA) is 128 Å². The molecule has 0 fully saturated rings. The quantitative estimate of drug-likeness (QED) is 0.620. The van der Waals surface area contributed by atoms with Crippen LogP contribution in [-0.4, -0.2) is 65.8 Å². The second-order valence-electron chi connectivity index (χ2n) is 9.81. The van der Waals surface area contributed by atoms with Crippen LogP contribution in [0.2, 0.25) is 0 Å². The van der Waals surface area contributed by atoms with Gasteiger partial charge in [0.25, 0.3) is 11.1 Å². The van der Waals surface area contributed by atoms with Gasteiger partial charge in [-0.3, -0.25) is 10.1 Å². The average Bonchev–Trinajstić information content (AvgIpc) is 2.78. The van der Waals surface area contributed by atoms with E-state index in [1.54, 1.807) is 41.5 Å². The highest BCUT2D eigenvalue weighted by Crippen LogP contribution is 2.36. The van der Waals surface area contributed by atoms with Crippen molar-refractivity contribution >= 4 is 27.5 Å². The summed E-state index contributed by atoms with van der Waals surface area (Å²) in [5.41, 5.74) is -2.06. The predicted octanol–water partition coefficient (Wildman–Crippen LogP) is 3.67. The van der Waals surface area contributed by atoms with Crippen molar-refractivity contribution in [1.29, 1.82) is 0 Å². The Bertz CT molecular complexity index is 1290. The third kappa shape index (κ3) is 6.05. The lowest BCUT2D eigenvalue weighted by Gasteiger charge is -2.28. The number of carbonyl (C=O) groups is 2. The number of halogens is 1. The molecule has 2 amide bonds. The summed E-state index contributed by atoms with van der Waals surface area (Å²) >= 11 is 0. The standard InChI is InChI=1S/C23H29FN4O6S/c1-8-28-12-23(5,6)33-18-16(19(28)29)17(26-20(27-18)35(7,31)32)14-10-9-13(11-15(14)24)25-21(30)34-22(2,3)4/h9-11H,8,12H2,1-7H3,(H,25,30). The molecule has 0 saturated carbocycles. The van der Waals surface area contributed by atoms with Gasteiger partial charge >= 0.3 is 6.09 Å². The molecule has 0 radical (unpaired) electrons. The van der Waals surface area contributed by atoms with E-state index in [0.717, 1.165) is 12.3 Å². The summed E-state index contributed by atoms with van der Waals surface area (Å²) in [4.78, 5) is 35.0. The highest BCUT2D eigenvalue weighted by atomic mass is 32.2. The Hall–Kier alpha value is -3.28. The lowest BCUT2D eigenvalue weighted by molar-refractivity contribution is 0.0539. The Morgan fingerprint density at radius 2 is 1.94 bits per heavy atom. The van der Waals surface area contributed by atoms with Crippen LogP contribution in [0.25, 0.3) is 11.3 Å². The molecule has 10 nitrogen and oxygen atoms in total. The van der Waals surface area contributed by atoms with Crippen LogP contribution in [0.1, 0.15) is 51.9 Å². The largest absolute Gasteiger partial charge is 0.469 e. The van der Waals surface area contributed by atoms with Gasteiger partial charge in [-0.2, -0.15) is 4.98 Å². The van der Waals surface area contributed by atoms with E-state index in [1.807, 2.05) is 0 Å². The molecule has 1 N–H and O–H groups in total. The first-order chi connectivity index (χ1) is 16.0. The third-order valence-electron chi connectivity index (χ3n) is 4.88. The van der Waals surface area contributed by atoms with Crippen molar-refractivity contribution < 1.29 is 31.9 Å². The maximum atomic E-state index is 15.3. The minimum absolute atomic E-state index is 0.0999. The van der Waals surface area contributed by atoms with E-state index >= 15 is 4.39 Å². The lowest BCUT2D eigenvalue weighted by atomic mass is 10.0. The number of nitrogens with one attached hydrogen (secondary N) is 1. The number of carbonyl (C=O) groups excluding carboxylic acids is 2. The van der Waals surface area contributed by atoms with E-state index < -0.39 is 44.0 Å². The van der Waals surface area contributed by atoms with Gasteiger partial charge in [0.1, 0.15) is 22.6 Å². The summed E-state index contributed by atoms with van der Waals surface area (Å²) in [5, 5.41) is 1.83. The Morgan fingerprint density at radius 1 is 1.29 bits per heavy atom. The number of nitrogens with zero attached hydrogens (tertiary/aromatic N) is 3. The Kier molecular flexibility index (Phi) is 6.82. The van der Waals surface area contributed by atoms with Crippen LogP contribution < -0.4 is 10.1 Å². The molecule has 1 aliphatic heterocycles. The number of rotatable bonds is 4. The summed E-state index contributed by atoms with van der Waals surface area (Å²) in [7, 11) is -3.93. The average molecular weight is 509 g/mol. The molecule has 2 heterocycles. The van der Waals surface area contributed by atoms with Crippen molar-refractivity contribution in [2.75, 3.05) is 24.7 Å². The third-order valence-corrected chi connectivity index (χ3v) is 5.73. The van der Waals surface area contributed by atoms with Crippen LogP contribution in [0.4, 0.5) is 14.9 Å². The van der Waals surface area contributed by atoms with Gasteiger partial charge in [0, 0.05) is 24.1 Å². The zero-order valence-electron chi connectivity index (χ0n) is 20.7. The van der Waals surface area contributed by atoms with E-state index in [2.05, 4.69) is 15.3 Å². The molecule has 0 saturated heterocycles. The van der Waals surface area contributed by atoms with E-state index in [-0.39, 0.29) is 34.9 Å². The molecule has 190 valence electrons. The van der Waals surface area contributed by atoms with Gasteiger partial charge in [-0.25, -0.2) is 22.6 Å². The monoisotopic (exact) mass is 508 g/mol. The van der Waals surface area contributed by atoms with Gasteiger partial charge in [-0.15, -0.1) is 0 Å². The van der Waals surface area contributed by atoms with Crippen LogP contribution in [0.5, 0.6) is 5.88 Å². The zero-order valence-corrected chi connectivity index (χ0v) is 21.5. The smallest absolute Gasteiger partial charge is 0.412 e. The summed E-state index contributed by atoms with van der Waals surface area (Å²) in [5.74, 6) is -1.60. The van der Waals surface area contributed by atoms with Crippen LogP contribution in [0.3, 0.4) is 0 Å². The van der Waals surface area contributed by atoms with Crippen molar-refractivity contribution in [3.05, 3.63) is 29.6 Å². The van der Waals surface area contributed by atoms with Crippen LogP contribution in [0.15, 0.2) is 23.4 Å². The molecule has 1 aliphatic rings. The zero-order chi connectivity index (χ0) is 26.3. The van der Waals surface area contributed by atoms with Crippen molar-refractivity contribution in [2.45, 2.75) is 57.9 Å². The predicted molar refractivity (Wildman–Crippen MR) is 127 cm³/mol. The molecule has 1 aromatic heterocycles. The van der Waals surface area contributed by atoms with Gasteiger partial charge in [-0.1, -0.05) is 0 Å². The lowest BCUT2D eigenvalue weighted by Crippen LogP contribution is -2.42. The summed E-state index contributed by atoms with van der Waals surface area (Å²) in [6.07, 6.45) is 0.134. The highest BCUT2D eigenvalue weighted by molar-refractivity contribution is 7.90. The number of sulfone groups is 1. The van der Waals surface area contributed by atoms with E-state index in [9.17, 15) is 18.0 Å². The SMILES string of the molecule is CCN1CC(C)(C)Oc2nc(S(C)(=O)=O)nc(-c3ccc(NC(=O)OC(C)(C)C)cc3F)c2C1=O. The molecule has 0 atom stereocenters. The number of ether oxygens (including phenoxy) is 2. The molecule has 0 bridgehead atoms. The molecule has 0 unspecified atom stereocenters. The second kappa shape index (κ2) is 9.06. The van der Waals surface area contributed by atoms with E-state index in [0.29, 0.717) is 6.54 Å². The van der Waals surface area contributed by atoms with Crippen molar-refractivity contribution in [1.82, 2.24) is 14.9 Å².